The first-order valence-electron chi connectivity index (χ1n) is 5.11. The summed E-state index contributed by atoms with van der Waals surface area (Å²) >= 11 is 4.85. The van der Waals surface area contributed by atoms with Gasteiger partial charge in [0.15, 0.2) is 5.78 Å². The zero-order chi connectivity index (χ0) is 12.1. The molecule has 0 aromatic carbocycles. The number of nitrogens with zero attached hydrogens (tertiary/aromatic N) is 2. The Kier molecular flexibility index (Phi) is 5.61. The molecule has 1 aromatic rings. The summed E-state index contributed by atoms with van der Waals surface area (Å²) in [6, 6.07) is 3.79. The van der Waals surface area contributed by atoms with Crippen molar-refractivity contribution in [3.05, 3.63) is 20.8 Å². The maximum absolute atomic E-state index is 11.8. The van der Waals surface area contributed by atoms with Crippen LogP contribution in [0.2, 0.25) is 0 Å². The molecule has 0 bridgehead atoms. The van der Waals surface area contributed by atoms with Crippen LogP contribution in [0.1, 0.15) is 9.67 Å². The fourth-order valence-corrected chi connectivity index (χ4v) is 2.55. The Labute approximate surface area is 109 Å². The van der Waals surface area contributed by atoms with Crippen molar-refractivity contribution >= 4 is 33.0 Å². The van der Waals surface area contributed by atoms with Gasteiger partial charge in [0.1, 0.15) is 0 Å². The highest BCUT2D eigenvalue weighted by molar-refractivity contribution is 9.11. The molecular weight excluding hydrogens is 288 g/mol. The van der Waals surface area contributed by atoms with Gasteiger partial charge in [-0.15, -0.1) is 11.3 Å². The predicted molar refractivity (Wildman–Crippen MR) is 72.4 cm³/mol. The molecule has 0 saturated carbocycles. The molecule has 0 radical (unpaired) electrons. The molecule has 5 heteroatoms. The fourth-order valence-electron chi connectivity index (χ4n) is 1.24. The van der Waals surface area contributed by atoms with Gasteiger partial charge in [-0.25, -0.2) is 0 Å². The quantitative estimate of drug-likeness (QED) is 0.753. The van der Waals surface area contributed by atoms with Crippen LogP contribution >= 0.6 is 27.3 Å². The van der Waals surface area contributed by atoms with Crippen molar-refractivity contribution in [2.75, 3.05) is 40.8 Å². The Balaban J connectivity index is 2.39. The number of ketones is 1. The van der Waals surface area contributed by atoms with E-state index in [4.69, 9.17) is 0 Å². The van der Waals surface area contributed by atoms with E-state index in [1.807, 2.05) is 33.3 Å². The van der Waals surface area contributed by atoms with Gasteiger partial charge in [-0.1, -0.05) is 0 Å². The first-order chi connectivity index (χ1) is 7.49. The van der Waals surface area contributed by atoms with E-state index in [1.54, 1.807) is 0 Å². The van der Waals surface area contributed by atoms with Crippen molar-refractivity contribution in [2.45, 2.75) is 0 Å². The standard InChI is InChI=1S/C11H17BrN2OS/c1-13(2)6-7-14(3)8-9(15)10-4-5-11(12)16-10/h4-5H,6-8H2,1-3H3. The van der Waals surface area contributed by atoms with Gasteiger partial charge in [-0.2, -0.15) is 0 Å². The maximum atomic E-state index is 11.8. The summed E-state index contributed by atoms with van der Waals surface area (Å²) in [5.74, 6) is 0.192. The summed E-state index contributed by atoms with van der Waals surface area (Å²) < 4.78 is 1.01. The van der Waals surface area contributed by atoms with Crippen molar-refractivity contribution < 1.29 is 4.79 Å². The minimum Gasteiger partial charge on any atom is -0.308 e. The molecule has 0 saturated heterocycles. The first-order valence-corrected chi connectivity index (χ1v) is 6.72. The van der Waals surface area contributed by atoms with Crippen molar-refractivity contribution in [3.8, 4) is 0 Å². The Morgan fingerprint density at radius 2 is 2.00 bits per heavy atom. The van der Waals surface area contributed by atoms with Crippen LogP contribution < -0.4 is 0 Å². The first kappa shape index (κ1) is 13.8. The summed E-state index contributed by atoms with van der Waals surface area (Å²) in [6.45, 7) is 2.37. The lowest BCUT2D eigenvalue weighted by Gasteiger charge is -2.18. The Morgan fingerprint density at radius 1 is 1.31 bits per heavy atom. The van der Waals surface area contributed by atoms with Gasteiger partial charge in [-0.3, -0.25) is 9.69 Å². The van der Waals surface area contributed by atoms with Gasteiger partial charge in [0.05, 0.1) is 15.2 Å². The molecule has 0 aliphatic heterocycles. The molecule has 1 aromatic heterocycles. The third-order valence-corrected chi connectivity index (χ3v) is 3.86. The molecule has 16 heavy (non-hydrogen) atoms. The van der Waals surface area contributed by atoms with Crippen molar-refractivity contribution in [1.82, 2.24) is 9.80 Å². The van der Waals surface area contributed by atoms with Crippen molar-refractivity contribution in [2.24, 2.45) is 0 Å². The minimum atomic E-state index is 0.192. The van der Waals surface area contributed by atoms with E-state index in [0.717, 1.165) is 21.8 Å². The summed E-state index contributed by atoms with van der Waals surface area (Å²) in [5, 5.41) is 0. The van der Waals surface area contributed by atoms with E-state index in [2.05, 4.69) is 25.7 Å². The second-order valence-corrected chi connectivity index (χ2v) is 6.53. The highest BCUT2D eigenvalue weighted by Gasteiger charge is 2.11. The highest BCUT2D eigenvalue weighted by atomic mass is 79.9. The molecule has 0 spiro atoms. The molecule has 0 aliphatic carbocycles. The van der Waals surface area contributed by atoms with E-state index < -0.39 is 0 Å². The second-order valence-electron chi connectivity index (χ2n) is 4.07. The molecule has 0 atom stereocenters. The summed E-state index contributed by atoms with van der Waals surface area (Å²) in [7, 11) is 6.04. The predicted octanol–water partition coefficient (Wildman–Crippen LogP) is 2.19. The molecule has 1 rings (SSSR count). The average molecular weight is 305 g/mol. The zero-order valence-electron chi connectivity index (χ0n) is 9.86. The molecule has 90 valence electrons. The topological polar surface area (TPSA) is 23.6 Å². The van der Waals surface area contributed by atoms with Crippen LogP contribution in [0.4, 0.5) is 0 Å². The van der Waals surface area contributed by atoms with Crippen molar-refractivity contribution in [1.29, 1.82) is 0 Å². The van der Waals surface area contributed by atoms with E-state index in [9.17, 15) is 4.79 Å². The van der Waals surface area contributed by atoms with Crippen LogP contribution in [0, 0.1) is 0 Å². The molecule has 0 N–H and O–H groups in total. The smallest absolute Gasteiger partial charge is 0.186 e. The lowest BCUT2D eigenvalue weighted by Crippen LogP contribution is -2.32. The third kappa shape index (κ3) is 4.74. The van der Waals surface area contributed by atoms with Gasteiger partial charge in [-0.05, 0) is 49.2 Å². The second kappa shape index (κ2) is 6.49. The summed E-state index contributed by atoms with van der Waals surface area (Å²) in [4.78, 5) is 16.8. The lowest BCUT2D eigenvalue weighted by atomic mass is 10.3. The van der Waals surface area contributed by atoms with Gasteiger partial charge in [0.25, 0.3) is 0 Å². The van der Waals surface area contributed by atoms with Gasteiger partial charge >= 0.3 is 0 Å². The number of rotatable bonds is 6. The molecule has 3 nitrogen and oxygen atoms in total. The van der Waals surface area contributed by atoms with E-state index in [1.165, 1.54) is 11.3 Å². The molecule has 1 heterocycles. The van der Waals surface area contributed by atoms with E-state index in [-0.39, 0.29) is 5.78 Å². The highest BCUT2D eigenvalue weighted by Crippen LogP contribution is 2.22. The van der Waals surface area contributed by atoms with Crippen LogP contribution in [-0.2, 0) is 0 Å². The number of hydrogen-bond acceptors (Lipinski definition) is 4. The number of hydrogen-bond donors (Lipinski definition) is 0. The van der Waals surface area contributed by atoms with Gasteiger partial charge < -0.3 is 4.90 Å². The monoisotopic (exact) mass is 304 g/mol. The van der Waals surface area contributed by atoms with E-state index >= 15 is 0 Å². The van der Waals surface area contributed by atoms with E-state index in [0.29, 0.717) is 6.54 Å². The van der Waals surface area contributed by atoms with Crippen LogP contribution in [-0.4, -0.2) is 56.4 Å². The normalized spacial score (nSPS) is 11.4. The van der Waals surface area contributed by atoms with Crippen LogP contribution in [0.3, 0.4) is 0 Å². The molecule has 0 aliphatic rings. The molecule has 0 unspecified atom stereocenters. The summed E-state index contributed by atoms with van der Waals surface area (Å²) in [6.07, 6.45) is 0. The van der Waals surface area contributed by atoms with Crippen LogP contribution in [0.5, 0.6) is 0 Å². The number of Topliss-reactive ketones (excluding diaryl/α,β-unsaturated/α-hetero) is 1. The fraction of sp³-hybridized carbons (Fsp3) is 0.545. The molecular formula is C11H17BrN2OS. The summed E-state index contributed by atoms with van der Waals surface area (Å²) in [5.41, 5.74) is 0. The average Bonchev–Trinajstić information content (AvgIpc) is 2.62. The molecule has 0 amide bonds. The van der Waals surface area contributed by atoms with Gasteiger partial charge in [0, 0.05) is 13.1 Å². The number of likely N-dealkylation sites (N-methyl/N-ethyl adjacent to an activating group) is 2. The largest absolute Gasteiger partial charge is 0.308 e. The zero-order valence-corrected chi connectivity index (χ0v) is 12.3. The lowest BCUT2D eigenvalue weighted by molar-refractivity contribution is 0.0946. The Bertz CT molecular complexity index is 352. The Morgan fingerprint density at radius 3 is 2.50 bits per heavy atom. The molecule has 0 fully saturated rings. The number of thiophene rings is 1. The van der Waals surface area contributed by atoms with Crippen LogP contribution in [0.25, 0.3) is 0 Å². The number of carbonyl (C=O) groups is 1. The van der Waals surface area contributed by atoms with Crippen molar-refractivity contribution in [3.63, 3.8) is 0 Å². The third-order valence-electron chi connectivity index (χ3n) is 2.19. The number of carbonyl (C=O) groups excluding carboxylic acids is 1. The SMILES string of the molecule is CN(C)CCN(C)CC(=O)c1ccc(Br)s1. The minimum absolute atomic E-state index is 0.192. The van der Waals surface area contributed by atoms with Gasteiger partial charge in [0.2, 0.25) is 0 Å². The maximum Gasteiger partial charge on any atom is 0.186 e. The van der Waals surface area contributed by atoms with Crippen LogP contribution in [0.15, 0.2) is 15.9 Å². The Hall–Kier alpha value is -0.230. The number of halogens is 1.